The first-order valence-corrected chi connectivity index (χ1v) is 11.3. The van der Waals surface area contributed by atoms with Gasteiger partial charge in [-0.05, 0) is 54.8 Å². The van der Waals surface area contributed by atoms with Gasteiger partial charge in [-0.3, -0.25) is 4.79 Å². The number of likely N-dealkylation sites (N-methyl/N-ethyl adjacent to an activating group) is 1. The third-order valence-electron chi connectivity index (χ3n) is 6.27. The van der Waals surface area contributed by atoms with E-state index in [1.165, 1.54) is 0 Å². The van der Waals surface area contributed by atoms with Crippen molar-refractivity contribution >= 4 is 5.78 Å². The molecule has 0 aromatic heterocycles. The van der Waals surface area contributed by atoms with Crippen LogP contribution in [0, 0.1) is 17.2 Å². The maximum atomic E-state index is 13.5. The van der Waals surface area contributed by atoms with Gasteiger partial charge in [0.15, 0.2) is 28.8 Å². The maximum Gasteiger partial charge on any atom is 0.161 e. The summed E-state index contributed by atoms with van der Waals surface area (Å²) in [7, 11) is 8.31. The van der Waals surface area contributed by atoms with E-state index in [4.69, 9.17) is 18.9 Å². The quantitative estimate of drug-likeness (QED) is 0.434. The van der Waals surface area contributed by atoms with Gasteiger partial charge in [-0.1, -0.05) is 26.0 Å². The Kier molecular flexibility index (Phi) is 9.76. The lowest BCUT2D eigenvalue weighted by atomic mass is 9.69. The standard InChI is InChI=1S/C27H36N2O5/c1-19(2)27(18-28,21-9-11-23(32-5)25(17-21)34-7)26(30)13-15-29(3)14-12-20-8-10-22(31-4)24(16-20)33-6/h8-11,16-17,19H,12-15H2,1-7H3. The summed E-state index contributed by atoms with van der Waals surface area (Å²) in [5.74, 6) is 2.14. The van der Waals surface area contributed by atoms with Crippen molar-refractivity contribution in [2.24, 2.45) is 5.92 Å². The molecule has 0 spiro atoms. The minimum atomic E-state index is -1.26. The van der Waals surface area contributed by atoms with Gasteiger partial charge < -0.3 is 23.8 Å². The smallest absolute Gasteiger partial charge is 0.161 e. The molecule has 7 nitrogen and oxygen atoms in total. The van der Waals surface area contributed by atoms with Gasteiger partial charge >= 0.3 is 0 Å². The molecule has 34 heavy (non-hydrogen) atoms. The summed E-state index contributed by atoms with van der Waals surface area (Å²) >= 11 is 0. The molecule has 0 bridgehead atoms. The van der Waals surface area contributed by atoms with E-state index in [-0.39, 0.29) is 18.1 Å². The number of nitrogens with zero attached hydrogens (tertiary/aromatic N) is 2. The highest BCUT2D eigenvalue weighted by molar-refractivity contribution is 5.94. The molecule has 2 aromatic carbocycles. The molecular weight excluding hydrogens is 432 g/mol. The van der Waals surface area contributed by atoms with Crippen molar-refractivity contribution in [1.82, 2.24) is 4.90 Å². The molecule has 0 aliphatic heterocycles. The van der Waals surface area contributed by atoms with E-state index in [0.29, 0.717) is 35.1 Å². The van der Waals surface area contributed by atoms with Gasteiger partial charge in [-0.25, -0.2) is 0 Å². The summed E-state index contributed by atoms with van der Waals surface area (Å²) in [5, 5.41) is 10.2. The Hall–Kier alpha value is -3.24. The van der Waals surface area contributed by atoms with E-state index in [2.05, 4.69) is 11.0 Å². The van der Waals surface area contributed by atoms with Crippen LogP contribution in [-0.2, 0) is 16.6 Å². The Morgan fingerprint density at radius 3 is 2.00 bits per heavy atom. The lowest BCUT2D eigenvalue weighted by molar-refractivity contribution is -0.124. The molecule has 1 unspecified atom stereocenters. The van der Waals surface area contributed by atoms with E-state index < -0.39 is 5.41 Å². The van der Waals surface area contributed by atoms with Crippen LogP contribution in [0.1, 0.15) is 31.4 Å². The molecule has 184 valence electrons. The number of ketones is 1. The summed E-state index contributed by atoms with van der Waals surface area (Å²) in [6, 6.07) is 13.5. The van der Waals surface area contributed by atoms with Crippen LogP contribution >= 0.6 is 0 Å². The third kappa shape index (κ3) is 5.81. The van der Waals surface area contributed by atoms with Crippen molar-refractivity contribution in [3.8, 4) is 29.1 Å². The number of nitriles is 1. The lowest BCUT2D eigenvalue weighted by Gasteiger charge is -2.31. The van der Waals surface area contributed by atoms with E-state index in [1.54, 1.807) is 46.6 Å². The van der Waals surface area contributed by atoms with Crippen molar-refractivity contribution in [3.63, 3.8) is 0 Å². The highest BCUT2D eigenvalue weighted by atomic mass is 16.5. The topological polar surface area (TPSA) is 81.0 Å². The first-order chi connectivity index (χ1) is 16.3. The number of carbonyl (C=O) groups is 1. The highest BCUT2D eigenvalue weighted by Crippen LogP contribution is 2.39. The van der Waals surface area contributed by atoms with Crippen molar-refractivity contribution in [2.75, 3.05) is 48.6 Å². The molecular formula is C27H36N2O5. The van der Waals surface area contributed by atoms with Gasteiger partial charge in [0, 0.05) is 19.5 Å². The Bertz CT molecular complexity index is 1010. The van der Waals surface area contributed by atoms with Crippen LogP contribution < -0.4 is 18.9 Å². The fraction of sp³-hybridized carbons (Fsp3) is 0.481. The van der Waals surface area contributed by atoms with Crippen molar-refractivity contribution < 1.29 is 23.7 Å². The molecule has 2 rings (SSSR count). The van der Waals surface area contributed by atoms with Crippen LogP contribution in [0.3, 0.4) is 0 Å². The molecule has 0 aliphatic carbocycles. The van der Waals surface area contributed by atoms with Gasteiger partial charge in [0.1, 0.15) is 5.41 Å². The van der Waals surface area contributed by atoms with Gasteiger partial charge in [0.2, 0.25) is 0 Å². The monoisotopic (exact) mass is 468 g/mol. The molecule has 0 saturated heterocycles. The van der Waals surface area contributed by atoms with E-state index in [1.807, 2.05) is 39.1 Å². The number of Topliss-reactive ketones (excluding diaryl/α,β-unsaturated/α-hetero) is 1. The number of rotatable bonds is 13. The number of hydrogen-bond donors (Lipinski definition) is 0. The fourth-order valence-corrected chi connectivity index (χ4v) is 4.11. The molecule has 0 aliphatic rings. The zero-order valence-corrected chi connectivity index (χ0v) is 21.3. The minimum Gasteiger partial charge on any atom is -0.493 e. The lowest BCUT2D eigenvalue weighted by Crippen LogP contribution is -2.41. The SMILES string of the molecule is COc1ccc(CCN(C)CCC(=O)C(C#N)(c2ccc(OC)c(OC)c2)C(C)C)cc1OC. The van der Waals surface area contributed by atoms with Crippen LogP contribution in [0.25, 0.3) is 0 Å². The van der Waals surface area contributed by atoms with Crippen molar-refractivity contribution in [1.29, 1.82) is 5.26 Å². The van der Waals surface area contributed by atoms with Crippen LogP contribution in [0.4, 0.5) is 0 Å². The van der Waals surface area contributed by atoms with Crippen LogP contribution in [0.2, 0.25) is 0 Å². The summed E-state index contributed by atoms with van der Waals surface area (Å²) in [6.07, 6.45) is 1.07. The molecule has 7 heteroatoms. The molecule has 0 radical (unpaired) electrons. The molecule has 0 saturated carbocycles. The van der Waals surface area contributed by atoms with Crippen LogP contribution in [0.15, 0.2) is 36.4 Å². The second kappa shape index (κ2) is 12.3. The summed E-state index contributed by atoms with van der Waals surface area (Å²) in [6.45, 7) is 5.12. The Morgan fingerprint density at radius 2 is 1.47 bits per heavy atom. The normalized spacial score (nSPS) is 12.7. The Balaban J connectivity index is 2.11. The Morgan fingerprint density at radius 1 is 0.912 bits per heavy atom. The van der Waals surface area contributed by atoms with Crippen molar-refractivity contribution in [2.45, 2.75) is 32.1 Å². The molecule has 0 fully saturated rings. The molecule has 0 amide bonds. The second-order valence-corrected chi connectivity index (χ2v) is 8.56. The van der Waals surface area contributed by atoms with Crippen LogP contribution in [-0.4, -0.2) is 59.3 Å². The molecule has 0 heterocycles. The average Bonchev–Trinajstić information content (AvgIpc) is 2.86. The molecule has 0 N–H and O–H groups in total. The second-order valence-electron chi connectivity index (χ2n) is 8.56. The van der Waals surface area contributed by atoms with Gasteiger partial charge in [-0.2, -0.15) is 5.26 Å². The first-order valence-electron chi connectivity index (χ1n) is 11.3. The zero-order chi connectivity index (χ0) is 25.3. The van der Waals surface area contributed by atoms with E-state index in [9.17, 15) is 10.1 Å². The predicted molar refractivity (Wildman–Crippen MR) is 132 cm³/mol. The average molecular weight is 469 g/mol. The largest absolute Gasteiger partial charge is 0.493 e. The summed E-state index contributed by atoms with van der Waals surface area (Å²) in [5.41, 5.74) is 0.486. The van der Waals surface area contributed by atoms with Crippen molar-refractivity contribution in [3.05, 3.63) is 47.5 Å². The summed E-state index contributed by atoms with van der Waals surface area (Å²) in [4.78, 5) is 15.6. The van der Waals surface area contributed by atoms with Crippen LogP contribution in [0.5, 0.6) is 23.0 Å². The molecule has 1 atom stereocenters. The molecule has 2 aromatic rings. The van der Waals surface area contributed by atoms with Gasteiger partial charge in [0.05, 0.1) is 34.5 Å². The highest BCUT2D eigenvalue weighted by Gasteiger charge is 2.43. The minimum absolute atomic E-state index is 0.102. The Labute approximate surface area is 203 Å². The van der Waals surface area contributed by atoms with Gasteiger partial charge in [0.25, 0.3) is 0 Å². The maximum absolute atomic E-state index is 13.5. The first kappa shape index (κ1) is 27.0. The number of benzene rings is 2. The summed E-state index contributed by atoms with van der Waals surface area (Å²) < 4.78 is 21.4. The van der Waals surface area contributed by atoms with E-state index >= 15 is 0 Å². The fourth-order valence-electron chi connectivity index (χ4n) is 4.11. The van der Waals surface area contributed by atoms with Gasteiger partial charge in [-0.15, -0.1) is 0 Å². The number of ether oxygens (including phenoxy) is 4. The number of hydrogen-bond acceptors (Lipinski definition) is 7. The van der Waals surface area contributed by atoms with E-state index in [0.717, 1.165) is 18.5 Å². The number of carbonyl (C=O) groups excluding carboxylic acids is 1. The zero-order valence-electron chi connectivity index (χ0n) is 21.3. The third-order valence-corrected chi connectivity index (χ3v) is 6.27. The number of methoxy groups -OCH3 is 4. The predicted octanol–water partition coefficient (Wildman–Crippen LogP) is 4.27.